The normalized spacial score (nSPS) is 10.5. The van der Waals surface area contributed by atoms with Gasteiger partial charge in [0.25, 0.3) is 5.91 Å². The molecule has 0 saturated carbocycles. The topological polar surface area (TPSA) is 51.2 Å². The molecule has 0 saturated heterocycles. The number of benzene rings is 2. The minimum absolute atomic E-state index is 0.189. The number of halogens is 1. The highest BCUT2D eigenvalue weighted by Crippen LogP contribution is 2.22. The fourth-order valence-corrected chi connectivity index (χ4v) is 3.17. The number of hydrogen-bond donors (Lipinski definition) is 1. The summed E-state index contributed by atoms with van der Waals surface area (Å²) in [6, 6.07) is 14.5. The summed E-state index contributed by atoms with van der Waals surface area (Å²) in [7, 11) is 0. The van der Waals surface area contributed by atoms with Gasteiger partial charge in [-0.25, -0.2) is 4.98 Å². The van der Waals surface area contributed by atoms with Gasteiger partial charge < -0.3 is 4.74 Å². The molecule has 3 aromatic rings. The summed E-state index contributed by atoms with van der Waals surface area (Å²) in [5, 5.41) is 4.10. The number of nitrogens with one attached hydrogen (secondary N) is 1. The highest BCUT2D eigenvalue weighted by molar-refractivity contribution is 7.15. The third-order valence-electron chi connectivity index (χ3n) is 3.72. The van der Waals surface area contributed by atoms with Crippen LogP contribution in [0, 0.1) is 13.8 Å². The summed E-state index contributed by atoms with van der Waals surface area (Å²) in [6.07, 6.45) is 0. The molecule has 0 aliphatic rings. The molecule has 128 valence electrons. The fourth-order valence-electron chi connectivity index (χ4n) is 2.17. The van der Waals surface area contributed by atoms with Gasteiger partial charge in [0.15, 0.2) is 5.13 Å². The lowest BCUT2D eigenvalue weighted by Gasteiger charge is -2.08. The van der Waals surface area contributed by atoms with Crippen molar-refractivity contribution >= 4 is 34.0 Å². The van der Waals surface area contributed by atoms with E-state index in [0.717, 1.165) is 16.1 Å². The van der Waals surface area contributed by atoms with E-state index in [1.165, 1.54) is 11.3 Å². The Hall–Kier alpha value is -2.37. The quantitative estimate of drug-likeness (QED) is 0.665. The minimum Gasteiger partial charge on any atom is -0.489 e. The minimum atomic E-state index is -0.189. The number of rotatable bonds is 5. The van der Waals surface area contributed by atoms with Crippen LogP contribution in [0.4, 0.5) is 5.13 Å². The van der Waals surface area contributed by atoms with Crippen LogP contribution < -0.4 is 10.1 Å². The van der Waals surface area contributed by atoms with Gasteiger partial charge in [-0.1, -0.05) is 29.8 Å². The maximum atomic E-state index is 12.3. The molecule has 4 nitrogen and oxygen atoms in total. The molecular weight excluding hydrogens is 356 g/mol. The second-order valence-electron chi connectivity index (χ2n) is 5.52. The standard InChI is InChI=1S/C19H17ClN2O2S/c1-12-13(2)25-19(21-12)22-18(23)14-7-9-16(10-8-14)24-11-15-5-3-4-6-17(15)20/h3-10H,11H2,1-2H3,(H,21,22,23). The van der Waals surface area contributed by atoms with E-state index in [-0.39, 0.29) is 5.91 Å². The van der Waals surface area contributed by atoms with Crippen LogP contribution in [0.1, 0.15) is 26.5 Å². The lowest BCUT2D eigenvalue weighted by Crippen LogP contribution is -2.11. The predicted molar refractivity (Wildman–Crippen MR) is 102 cm³/mol. The average Bonchev–Trinajstić information content (AvgIpc) is 2.92. The fraction of sp³-hybridized carbons (Fsp3) is 0.158. The van der Waals surface area contributed by atoms with Crippen molar-refractivity contribution in [3.05, 3.63) is 75.3 Å². The monoisotopic (exact) mass is 372 g/mol. The van der Waals surface area contributed by atoms with Crippen molar-refractivity contribution in [3.63, 3.8) is 0 Å². The average molecular weight is 373 g/mol. The van der Waals surface area contributed by atoms with Gasteiger partial charge in [-0.15, -0.1) is 11.3 Å². The summed E-state index contributed by atoms with van der Waals surface area (Å²) in [4.78, 5) is 17.7. The van der Waals surface area contributed by atoms with Gasteiger partial charge in [0.05, 0.1) is 5.69 Å². The number of thiazole rings is 1. The maximum Gasteiger partial charge on any atom is 0.257 e. The Morgan fingerprint density at radius 2 is 1.88 bits per heavy atom. The molecule has 0 fully saturated rings. The number of aryl methyl sites for hydroxylation is 2. The van der Waals surface area contributed by atoms with E-state index in [1.807, 2.05) is 38.1 Å². The number of nitrogens with zero attached hydrogens (tertiary/aromatic N) is 1. The lowest BCUT2D eigenvalue weighted by atomic mass is 10.2. The van der Waals surface area contributed by atoms with Crippen molar-refractivity contribution in [1.29, 1.82) is 0 Å². The number of aromatic nitrogens is 1. The zero-order valence-electron chi connectivity index (χ0n) is 13.9. The molecule has 0 atom stereocenters. The Labute approximate surface area is 155 Å². The largest absolute Gasteiger partial charge is 0.489 e. The van der Waals surface area contributed by atoms with Crippen LogP contribution in [0.2, 0.25) is 5.02 Å². The summed E-state index contributed by atoms with van der Waals surface area (Å²) >= 11 is 7.58. The molecule has 0 spiro atoms. The van der Waals surface area contributed by atoms with Crippen molar-refractivity contribution in [2.24, 2.45) is 0 Å². The van der Waals surface area contributed by atoms with E-state index in [9.17, 15) is 4.79 Å². The Bertz CT molecular complexity index is 871. The van der Waals surface area contributed by atoms with Crippen LogP contribution in [0.3, 0.4) is 0 Å². The first-order chi connectivity index (χ1) is 12.0. The van der Waals surface area contributed by atoms with E-state index in [0.29, 0.717) is 28.1 Å². The first kappa shape index (κ1) is 17.5. The third kappa shape index (κ3) is 4.38. The molecule has 0 bridgehead atoms. The Kier molecular flexibility index (Phi) is 5.36. The third-order valence-corrected chi connectivity index (χ3v) is 5.07. The van der Waals surface area contributed by atoms with E-state index in [2.05, 4.69) is 10.3 Å². The second kappa shape index (κ2) is 7.68. The Morgan fingerprint density at radius 1 is 1.16 bits per heavy atom. The molecule has 2 aromatic carbocycles. The molecule has 0 radical (unpaired) electrons. The molecule has 1 heterocycles. The van der Waals surface area contributed by atoms with Crippen LogP contribution in [0.15, 0.2) is 48.5 Å². The predicted octanol–water partition coefficient (Wildman–Crippen LogP) is 5.24. The number of anilines is 1. The van der Waals surface area contributed by atoms with Gasteiger partial charge in [0.2, 0.25) is 0 Å². The van der Waals surface area contributed by atoms with Crippen LogP contribution in [-0.4, -0.2) is 10.9 Å². The molecular formula is C19H17ClN2O2S. The second-order valence-corrected chi connectivity index (χ2v) is 7.13. The van der Waals surface area contributed by atoms with Gasteiger partial charge in [-0.05, 0) is 44.2 Å². The molecule has 6 heteroatoms. The molecule has 1 N–H and O–H groups in total. The van der Waals surface area contributed by atoms with Gasteiger partial charge in [-0.2, -0.15) is 0 Å². The van der Waals surface area contributed by atoms with Crippen molar-refractivity contribution < 1.29 is 9.53 Å². The van der Waals surface area contributed by atoms with E-state index < -0.39 is 0 Å². The Balaban J connectivity index is 1.61. The van der Waals surface area contributed by atoms with Crippen molar-refractivity contribution in [3.8, 4) is 5.75 Å². The Morgan fingerprint density at radius 3 is 2.52 bits per heavy atom. The summed E-state index contributed by atoms with van der Waals surface area (Å²) in [6.45, 7) is 4.28. The summed E-state index contributed by atoms with van der Waals surface area (Å²) < 4.78 is 5.72. The van der Waals surface area contributed by atoms with E-state index in [4.69, 9.17) is 16.3 Å². The molecule has 0 unspecified atom stereocenters. The molecule has 0 aliphatic heterocycles. The van der Waals surface area contributed by atoms with Gasteiger partial charge in [0, 0.05) is 21.0 Å². The zero-order chi connectivity index (χ0) is 17.8. The zero-order valence-corrected chi connectivity index (χ0v) is 15.4. The van der Waals surface area contributed by atoms with E-state index >= 15 is 0 Å². The lowest BCUT2D eigenvalue weighted by molar-refractivity contribution is 0.102. The van der Waals surface area contributed by atoms with Crippen molar-refractivity contribution in [1.82, 2.24) is 4.98 Å². The van der Waals surface area contributed by atoms with Crippen LogP contribution in [0.5, 0.6) is 5.75 Å². The molecule has 25 heavy (non-hydrogen) atoms. The number of carbonyl (C=O) groups excluding carboxylic acids is 1. The maximum absolute atomic E-state index is 12.3. The number of hydrogen-bond acceptors (Lipinski definition) is 4. The first-order valence-corrected chi connectivity index (χ1v) is 8.94. The highest BCUT2D eigenvalue weighted by atomic mass is 35.5. The van der Waals surface area contributed by atoms with Gasteiger partial charge >= 0.3 is 0 Å². The SMILES string of the molecule is Cc1nc(NC(=O)c2ccc(OCc3ccccc3Cl)cc2)sc1C. The van der Waals surface area contributed by atoms with Gasteiger partial charge in [0.1, 0.15) is 12.4 Å². The highest BCUT2D eigenvalue weighted by Gasteiger charge is 2.10. The first-order valence-electron chi connectivity index (χ1n) is 7.74. The van der Waals surface area contributed by atoms with Crippen LogP contribution in [0.25, 0.3) is 0 Å². The number of ether oxygens (including phenoxy) is 1. The van der Waals surface area contributed by atoms with Gasteiger partial charge in [-0.3, -0.25) is 10.1 Å². The van der Waals surface area contributed by atoms with E-state index in [1.54, 1.807) is 24.3 Å². The van der Waals surface area contributed by atoms with Crippen molar-refractivity contribution in [2.75, 3.05) is 5.32 Å². The number of amides is 1. The summed E-state index contributed by atoms with van der Waals surface area (Å²) in [5.41, 5.74) is 2.40. The molecule has 1 aromatic heterocycles. The molecule has 0 aliphatic carbocycles. The number of carbonyl (C=O) groups is 1. The van der Waals surface area contributed by atoms with Crippen molar-refractivity contribution in [2.45, 2.75) is 20.5 Å². The molecule has 3 rings (SSSR count). The van der Waals surface area contributed by atoms with Crippen LogP contribution in [-0.2, 0) is 6.61 Å². The summed E-state index contributed by atoms with van der Waals surface area (Å²) in [5.74, 6) is 0.490. The molecule has 1 amide bonds. The smallest absolute Gasteiger partial charge is 0.257 e. The van der Waals surface area contributed by atoms with Crippen LogP contribution >= 0.6 is 22.9 Å².